The lowest BCUT2D eigenvalue weighted by Crippen LogP contribution is -2.63. The molecule has 4 fully saturated rings. The van der Waals surface area contributed by atoms with Crippen LogP contribution in [0.2, 0.25) is 5.02 Å². The molecule has 4 aliphatic carbocycles. The molecule has 1 aromatic carbocycles. The SMILES string of the molecule is CC(C)(Oc1ccccc1Cl)C(=O)NC1C2CC3CC1CC(C(N)=O)(C3)C2. The Labute approximate surface area is 165 Å². The van der Waals surface area contributed by atoms with Gasteiger partial charge in [0.2, 0.25) is 5.91 Å². The van der Waals surface area contributed by atoms with E-state index in [9.17, 15) is 9.59 Å². The summed E-state index contributed by atoms with van der Waals surface area (Å²) in [6.45, 7) is 3.51. The molecule has 6 heteroatoms. The number of halogens is 1. The highest BCUT2D eigenvalue weighted by Gasteiger charge is 2.58. The van der Waals surface area contributed by atoms with Gasteiger partial charge in [0.1, 0.15) is 5.75 Å². The number of hydrogen-bond donors (Lipinski definition) is 2. The van der Waals surface area contributed by atoms with E-state index in [4.69, 9.17) is 22.1 Å². The van der Waals surface area contributed by atoms with Crippen LogP contribution in [0.4, 0.5) is 0 Å². The molecule has 27 heavy (non-hydrogen) atoms. The molecular formula is C21H27ClN2O3. The van der Waals surface area contributed by atoms with Crippen LogP contribution in [0, 0.1) is 23.2 Å². The van der Waals surface area contributed by atoms with Crippen LogP contribution in [0.5, 0.6) is 5.75 Å². The number of carbonyl (C=O) groups is 2. The van der Waals surface area contributed by atoms with Crippen LogP contribution < -0.4 is 15.8 Å². The fourth-order valence-electron chi connectivity index (χ4n) is 5.74. The zero-order chi connectivity index (χ0) is 19.4. The van der Waals surface area contributed by atoms with Crippen molar-refractivity contribution in [3.8, 4) is 5.75 Å². The highest BCUT2D eigenvalue weighted by atomic mass is 35.5. The Kier molecular flexibility index (Phi) is 4.41. The molecule has 4 aliphatic rings. The van der Waals surface area contributed by atoms with E-state index in [1.54, 1.807) is 26.0 Å². The molecule has 4 bridgehead atoms. The Morgan fingerprint density at radius 3 is 2.41 bits per heavy atom. The van der Waals surface area contributed by atoms with E-state index < -0.39 is 5.60 Å². The molecular weight excluding hydrogens is 364 g/mol. The van der Waals surface area contributed by atoms with Gasteiger partial charge in [-0.25, -0.2) is 0 Å². The molecule has 0 aromatic heterocycles. The third kappa shape index (κ3) is 3.20. The number of ether oxygens (including phenoxy) is 1. The van der Waals surface area contributed by atoms with Gasteiger partial charge in [-0.3, -0.25) is 9.59 Å². The van der Waals surface area contributed by atoms with Crippen LogP contribution in [0.25, 0.3) is 0 Å². The van der Waals surface area contributed by atoms with Crippen molar-refractivity contribution in [2.45, 2.75) is 57.6 Å². The maximum Gasteiger partial charge on any atom is 0.263 e. The van der Waals surface area contributed by atoms with Crippen molar-refractivity contribution in [1.82, 2.24) is 5.32 Å². The monoisotopic (exact) mass is 390 g/mol. The van der Waals surface area contributed by atoms with Gasteiger partial charge in [0.15, 0.2) is 5.60 Å². The summed E-state index contributed by atoms with van der Waals surface area (Å²) in [5.74, 6) is 1.40. The van der Waals surface area contributed by atoms with Crippen LogP contribution in [0.15, 0.2) is 24.3 Å². The molecule has 0 saturated heterocycles. The summed E-state index contributed by atoms with van der Waals surface area (Å²) < 4.78 is 5.93. The average molecular weight is 391 g/mol. The van der Waals surface area contributed by atoms with Crippen LogP contribution in [0.3, 0.4) is 0 Å². The number of rotatable bonds is 5. The third-order valence-corrected chi connectivity index (χ3v) is 7.15. The summed E-state index contributed by atoms with van der Waals surface area (Å²) in [6, 6.07) is 7.25. The third-order valence-electron chi connectivity index (χ3n) is 6.84. The van der Waals surface area contributed by atoms with Gasteiger partial charge in [0, 0.05) is 11.5 Å². The maximum atomic E-state index is 13.0. The summed E-state index contributed by atoms with van der Waals surface area (Å²) in [7, 11) is 0. The van der Waals surface area contributed by atoms with Crippen molar-refractivity contribution in [3.05, 3.63) is 29.3 Å². The predicted molar refractivity (Wildman–Crippen MR) is 103 cm³/mol. The molecule has 3 N–H and O–H groups in total. The Bertz CT molecular complexity index is 762. The molecule has 5 rings (SSSR count). The van der Waals surface area contributed by atoms with E-state index in [0.29, 0.717) is 28.5 Å². The minimum Gasteiger partial charge on any atom is -0.476 e. The average Bonchev–Trinajstić information content (AvgIpc) is 2.59. The number of hydrogen-bond acceptors (Lipinski definition) is 3. The lowest BCUT2D eigenvalue weighted by Gasteiger charge is -2.59. The molecule has 4 saturated carbocycles. The highest BCUT2D eigenvalue weighted by molar-refractivity contribution is 6.32. The maximum absolute atomic E-state index is 13.0. The van der Waals surface area contributed by atoms with Crippen molar-refractivity contribution in [2.75, 3.05) is 0 Å². The lowest BCUT2D eigenvalue weighted by atomic mass is 9.47. The van der Waals surface area contributed by atoms with Gasteiger partial charge in [-0.05, 0) is 75.8 Å². The van der Waals surface area contributed by atoms with Gasteiger partial charge in [-0.2, -0.15) is 0 Å². The Balaban J connectivity index is 1.47. The van der Waals surface area contributed by atoms with Gasteiger partial charge in [0.25, 0.3) is 5.91 Å². The summed E-state index contributed by atoms with van der Waals surface area (Å²) >= 11 is 6.17. The van der Waals surface area contributed by atoms with Gasteiger partial charge in [-0.1, -0.05) is 23.7 Å². The first-order valence-corrected chi connectivity index (χ1v) is 10.1. The van der Waals surface area contributed by atoms with Crippen molar-refractivity contribution >= 4 is 23.4 Å². The van der Waals surface area contributed by atoms with Gasteiger partial charge < -0.3 is 15.8 Å². The van der Waals surface area contributed by atoms with E-state index >= 15 is 0 Å². The Morgan fingerprint density at radius 1 is 1.19 bits per heavy atom. The number of nitrogens with two attached hydrogens (primary N) is 1. The van der Waals surface area contributed by atoms with Crippen molar-refractivity contribution in [2.24, 2.45) is 28.9 Å². The number of amides is 2. The number of para-hydroxylation sites is 1. The molecule has 0 radical (unpaired) electrons. The van der Waals surface area contributed by atoms with E-state index in [1.165, 1.54) is 0 Å². The zero-order valence-electron chi connectivity index (χ0n) is 15.8. The fourth-order valence-corrected chi connectivity index (χ4v) is 5.91. The first-order chi connectivity index (χ1) is 12.7. The topological polar surface area (TPSA) is 81.4 Å². The van der Waals surface area contributed by atoms with E-state index in [1.807, 2.05) is 12.1 Å². The number of primary amides is 1. The van der Waals surface area contributed by atoms with Crippen molar-refractivity contribution < 1.29 is 14.3 Å². The predicted octanol–water partition coefficient (Wildman–Crippen LogP) is 3.29. The van der Waals surface area contributed by atoms with Crippen LogP contribution in [-0.4, -0.2) is 23.5 Å². The number of benzene rings is 1. The number of carbonyl (C=O) groups excluding carboxylic acids is 2. The first kappa shape index (κ1) is 18.6. The van der Waals surface area contributed by atoms with E-state index in [2.05, 4.69) is 5.32 Å². The molecule has 2 unspecified atom stereocenters. The van der Waals surface area contributed by atoms with Gasteiger partial charge in [0.05, 0.1) is 5.02 Å². The first-order valence-electron chi connectivity index (χ1n) is 9.75. The summed E-state index contributed by atoms with van der Waals surface area (Å²) in [4.78, 5) is 25.1. The molecule has 0 heterocycles. The molecule has 2 atom stereocenters. The molecule has 0 spiro atoms. The zero-order valence-corrected chi connectivity index (χ0v) is 16.6. The smallest absolute Gasteiger partial charge is 0.263 e. The largest absolute Gasteiger partial charge is 0.476 e. The van der Waals surface area contributed by atoms with Gasteiger partial charge >= 0.3 is 0 Å². The summed E-state index contributed by atoms with van der Waals surface area (Å²) in [5.41, 5.74) is 4.36. The Hall–Kier alpha value is -1.75. The molecule has 1 aromatic rings. The highest BCUT2D eigenvalue weighted by Crippen LogP contribution is 2.59. The Morgan fingerprint density at radius 2 is 1.81 bits per heavy atom. The molecule has 5 nitrogen and oxygen atoms in total. The molecule has 0 aliphatic heterocycles. The second-order valence-corrected chi connectivity index (χ2v) is 9.56. The van der Waals surface area contributed by atoms with Crippen LogP contribution >= 0.6 is 11.6 Å². The second-order valence-electron chi connectivity index (χ2n) is 9.16. The summed E-state index contributed by atoms with van der Waals surface area (Å²) in [6.07, 6.45) is 4.67. The quantitative estimate of drug-likeness (QED) is 0.809. The minimum atomic E-state index is -1.04. The van der Waals surface area contributed by atoms with Crippen LogP contribution in [-0.2, 0) is 9.59 Å². The van der Waals surface area contributed by atoms with Crippen molar-refractivity contribution in [3.63, 3.8) is 0 Å². The fraction of sp³-hybridized carbons (Fsp3) is 0.619. The van der Waals surface area contributed by atoms with Crippen molar-refractivity contribution in [1.29, 1.82) is 0 Å². The van der Waals surface area contributed by atoms with E-state index in [0.717, 1.165) is 32.1 Å². The van der Waals surface area contributed by atoms with Crippen LogP contribution in [0.1, 0.15) is 46.0 Å². The normalized spacial score (nSPS) is 34.3. The number of nitrogens with one attached hydrogen (secondary N) is 1. The molecule has 146 valence electrons. The molecule has 2 amide bonds. The van der Waals surface area contributed by atoms with Gasteiger partial charge in [-0.15, -0.1) is 0 Å². The standard InChI is InChI=1S/C21H27ClN2O3/c1-20(2,27-16-6-4-3-5-15(16)22)19(26)24-17-13-7-12-8-14(17)11-21(9-12,10-13)18(23)25/h3-6,12-14,17H,7-11H2,1-2H3,(H2,23,25)(H,24,26). The lowest BCUT2D eigenvalue weighted by molar-refractivity contribution is -0.150. The second kappa shape index (κ2) is 6.40. The minimum absolute atomic E-state index is 0.0932. The summed E-state index contributed by atoms with van der Waals surface area (Å²) in [5, 5.41) is 3.72. The van der Waals surface area contributed by atoms with E-state index in [-0.39, 0.29) is 23.3 Å².